The van der Waals surface area contributed by atoms with Gasteiger partial charge in [-0.05, 0) is 63.6 Å². The van der Waals surface area contributed by atoms with E-state index in [-0.39, 0.29) is 0 Å². The van der Waals surface area contributed by atoms with Crippen LogP contribution in [0.5, 0.6) is 17.2 Å². The second-order valence-electron chi connectivity index (χ2n) is 7.12. The van der Waals surface area contributed by atoms with Crippen LogP contribution in [0.25, 0.3) is 0 Å². The molecule has 0 saturated carbocycles. The minimum Gasteiger partial charge on any atom is -0.386 e. The van der Waals surface area contributed by atoms with Crippen molar-refractivity contribution in [3.63, 3.8) is 0 Å². The van der Waals surface area contributed by atoms with Crippen LogP contribution in [-0.4, -0.2) is 6.29 Å². The molecule has 3 rings (SSSR count). The number of hydrogen-bond acceptors (Lipinski definition) is 5. The highest BCUT2D eigenvalue weighted by atomic mass is 31.2. The standard InChI is InChI=1S/C21H21O4P.C4H8O/c1-16-4-10-19(11-5-16)23-26(22,24-20-12-6-17(2)7-13-20)25-21-14-8-18(3)9-15-21;1-2-3-4-5/h4-15H,1-3H3;4H,2-3H2,1H3. The van der Waals surface area contributed by atoms with Gasteiger partial charge < -0.3 is 18.4 Å². The summed E-state index contributed by atoms with van der Waals surface area (Å²) in [5.41, 5.74) is 3.23. The molecular weight excluding hydrogens is 411 g/mol. The highest BCUT2D eigenvalue weighted by molar-refractivity contribution is 7.49. The average molecular weight is 440 g/mol. The van der Waals surface area contributed by atoms with E-state index >= 15 is 0 Å². The molecule has 6 heteroatoms. The number of hydrogen-bond donors (Lipinski definition) is 0. The molecule has 0 aromatic heterocycles. The Labute approximate surface area is 184 Å². The molecule has 0 bridgehead atoms. The number of benzene rings is 3. The Kier molecular flexibility index (Phi) is 9.36. The van der Waals surface area contributed by atoms with Crippen LogP contribution in [0.2, 0.25) is 0 Å². The van der Waals surface area contributed by atoms with Crippen LogP contribution in [0.4, 0.5) is 0 Å². The molecule has 3 aromatic rings. The van der Waals surface area contributed by atoms with Crippen LogP contribution in [0, 0.1) is 20.8 Å². The summed E-state index contributed by atoms with van der Waals surface area (Å²) >= 11 is 0. The largest absolute Gasteiger partial charge is 0.647 e. The van der Waals surface area contributed by atoms with Crippen molar-refractivity contribution in [2.45, 2.75) is 40.5 Å². The lowest BCUT2D eigenvalue weighted by Crippen LogP contribution is -2.07. The monoisotopic (exact) mass is 440 g/mol. The van der Waals surface area contributed by atoms with Crippen molar-refractivity contribution in [3.8, 4) is 17.2 Å². The van der Waals surface area contributed by atoms with Crippen molar-refractivity contribution in [2.24, 2.45) is 0 Å². The number of aryl methyl sites for hydroxylation is 3. The Balaban J connectivity index is 0.000000614. The van der Waals surface area contributed by atoms with Crippen molar-refractivity contribution in [2.75, 3.05) is 0 Å². The highest BCUT2D eigenvalue weighted by Crippen LogP contribution is 2.49. The van der Waals surface area contributed by atoms with E-state index in [0.717, 1.165) is 29.4 Å². The van der Waals surface area contributed by atoms with Gasteiger partial charge in [0.15, 0.2) is 0 Å². The van der Waals surface area contributed by atoms with E-state index < -0.39 is 7.82 Å². The molecule has 0 fully saturated rings. The van der Waals surface area contributed by atoms with Gasteiger partial charge in [-0.1, -0.05) is 60.0 Å². The molecule has 0 heterocycles. The van der Waals surface area contributed by atoms with Crippen molar-refractivity contribution in [1.82, 2.24) is 0 Å². The first-order valence-electron chi connectivity index (χ1n) is 10.2. The predicted molar refractivity (Wildman–Crippen MR) is 124 cm³/mol. The number of carbonyl (C=O) groups is 1. The Hall–Kier alpha value is -3.04. The second-order valence-corrected chi connectivity index (χ2v) is 8.56. The lowest BCUT2D eigenvalue weighted by atomic mass is 10.2. The summed E-state index contributed by atoms with van der Waals surface area (Å²) in [6.07, 6.45) is 2.61. The van der Waals surface area contributed by atoms with Gasteiger partial charge in [0.25, 0.3) is 0 Å². The fourth-order valence-electron chi connectivity index (χ4n) is 2.36. The molecule has 3 aromatic carbocycles. The highest BCUT2D eigenvalue weighted by Gasteiger charge is 2.33. The molecule has 0 radical (unpaired) electrons. The van der Waals surface area contributed by atoms with Gasteiger partial charge in [0, 0.05) is 6.42 Å². The molecule has 164 valence electrons. The summed E-state index contributed by atoms with van der Waals surface area (Å²) < 4.78 is 30.2. The first-order chi connectivity index (χ1) is 14.8. The van der Waals surface area contributed by atoms with Crippen LogP contribution in [0.1, 0.15) is 36.5 Å². The smallest absolute Gasteiger partial charge is 0.386 e. The van der Waals surface area contributed by atoms with E-state index in [4.69, 9.17) is 13.6 Å². The van der Waals surface area contributed by atoms with Gasteiger partial charge in [-0.2, -0.15) is 4.57 Å². The first kappa shape index (κ1) is 24.2. The Morgan fingerprint density at radius 1 is 0.645 bits per heavy atom. The minimum atomic E-state index is -3.93. The third-order valence-corrected chi connectivity index (χ3v) is 5.42. The van der Waals surface area contributed by atoms with Crippen LogP contribution < -0.4 is 13.6 Å². The number of phosphoric acid groups is 1. The lowest BCUT2D eigenvalue weighted by Gasteiger charge is -2.19. The summed E-state index contributed by atoms with van der Waals surface area (Å²) in [4.78, 5) is 9.40. The molecule has 5 nitrogen and oxygen atoms in total. The molecule has 0 atom stereocenters. The molecule has 0 aliphatic heterocycles. The van der Waals surface area contributed by atoms with E-state index in [1.54, 1.807) is 36.4 Å². The van der Waals surface area contributed by atoms with E-state index in [2.05, 4.69) is 0 Å². The van der Waals surface area contributed by atoms with E-state index in [1.165, 1.54) is 0 Å². The van der Waals surface area contributed by atoms with Gasteiger partial charge in [-0.25, -0.2) is 0 Å². The van der Waals surface area contributed by atoms with Crippen molar-refractivity contribution >= 4 is 14.1 Å². The van der Waals surface area contributed by atoms with Crippen LogP contribution in [0.15, 0.2) is 72.8 Å². The SMILES string of the molecule is CCCC=O.Cc1ccc(OP(=O)(Oc2ccc(C)cc2)Oc2ccc(C)cc2)cc1. The molecule has 0 aliphatic rings. The zero-order chi connectivity index (χ0) is 22.7. The number of rotatable bonds is 8. The fourth-order valence-corrected chi connectivity index (χ4v) is 3.61. The van der Waals surface area contributed by atoms with Crippen LogP contribution >= 0.6 is 7.82 Å². The van der Waals surface area contributed by atoms with Crippen molar-refractivity contribution < 1.29 is 22.9 Å². The molecule has 0 aliphatic carbocycles. The fraction of sp³-hybridized carbons (Fsp3) is 0.240. The molecule has 31 heavy (non-hydrogen) atoms. The Bertz CT molecular complexity index is 857. The Morgan fingerprint density at radius 3 is 1.13 bits per heavy atom. The number of phosphoric ester groups is 1. The topological polar surface area (TPSA) is 61.8 Å². The number of aldehydes is 1. The van der Waals surface area contributed by atoms with Crippen molar-refractivity contribution in [3.05, 3.63) is 89.5 Å². The van der Waals surface area contributed by atoms with Crippen LogP contribution in [0.3, 0.4) is 0 Å². The predicted octanol–water partition coefficient (Wildman–Crippen LogP) is 7.24. The van der Waals surface area contributed by atoms with E-state index in [9.17, 15) is 9.36 Å². The third kappa shape index (κ3) is 8.69. The number of carbonyl (C=O) groups excluding carboxylic acids is 1. The normalized spacial score (nSPS) is 10.5. The van der Waals surface area contributed by atoms with E-state index in [1.807, 2.05) is 64.1 Å². The van der Waals surface area contributed by atoms with Gasteiger partial charge in [0.2, 0.25) is 0 Å². The van der Waals surface area contributed by atoms with Gasteiger partial charge in [0.1, 0.15) is 23.5 Å². The van der Waals surface area contributed by atoms with E-state index in [0.29, 0.717) is 23.7 Å². The minimum absolute atomic E-state index is 0.415. The van der Waals surface area contributed by atoms with Gasteiger partial charge >= 0.3 is 7.82 Å². The zero-order valence-corrected chi connectivity index (χ0v) is 19.3. The molecule has 0 saturated heterocycles. The molecular formula is C25H29O5P. The average Bonchev–Trinajstić information content (AvgIpc) is 2.74. The first-order valence-corrected chi connectivity index (χ1v) is 11.6. The van der Waals surface area contributed by atoms with Crippen LogP contribution in [-0.2, 0) is 9.36 Å². The zero-order valence-electron chi connectivity index (χ0n) is 18.4. The van der Waals surface area contributed by atoms with Crippen molar-refractivity contribution in [1.29, 1.82) is 0 Å². The van der Waals surface area contributed by atoms with Gasteiger partial charge in [0.05, 0.1) is 0 Å². The second kappa shape index (κ2) is 12.0. The lowest BCUT2D eigenvalue weighted by molar-refractivity contribution is -0.107. The number of unbranched alkanes of at least 4 members (excludes halogenated alkanes) is 1. The molecule has 0 amide bonds. The molecule has 0 N–H and O–H groups in total. The van der Waals surface area contributed by atoms with Gasteiger partial charge in [-0.3, -0.25) is 0 Å². The van der Waals surface area contributed by atoms with Gasteiger partial charge in [-0.15, -0.1) is 0 Å². The summed E-state index contributed by atoms with van der Waals surface area (Å²) in [6.45, 7) is 7.88. The molecule has 0 spiro atoms. The molecule has 0 unspecified atom stereocenters. The quantitative estimate of drug-likeness (QED) is 0.273. The summed E-state index contributed by atoms with van der Waals surface area (Å²) in [7, 11) is -3.93. The Morgan fingerprint density at radius 2 is 0.935 bits per heavy atom. The maximum atomic E-state index is 13.3. The maximum Gasteiger partial charge on any atom is 0.647 e. The third-order valence-electron chi connectivity index (χ3n) is 4.12. The maximum absolute atomic E-state index is 13.3. The summed E-state index contributed by atoms with van der Waals surface area (Å²) in [6, 6.07) is 21.6. The summed E-state index contributed by atoms with van der Waals surface area (Å²) in [5.74, 6) is 1.24. The summed E-state index contributed by atoms with van der Waals surface area (Å²) in [5, 5.41) is 0.